The van der Waals surface area contributed by atoms with E-state index in [0.29, 0.717) is 17.7 Å². The Morgan fingerprint density at radius 1 is 1.22 bits per heavy atom. The van der Waals surface area contributed by atoms with Crippen LogP contribution in [-0.2, 0) is 4.79 Å². The van der Waals surface area contributed by atoms with Crippen LogP contribution in [0.3, 0.4) is 0 Å². The minimum atomic E-state index is -5.08. The second kappa shape index (κ2) is 10.3. The SMILES string of the molecule is NCCSc1ncccc1OC(=O)NCC12CC3CC(CC(C3)C1)C2.O=C(O)C(F)(F)F. The van der Waals surface area contributed by atoms with Gasteiger partial charge in [-0.25, -0.2) is 14.6 Å². The van der Waals surface area contributed by atoms with Gasteiger partial charge in [-0.2, -0.15) is 13.2 Å². The minimum Gasteiger partial charge on any atom is -0.475 e. The lowest BCUT2D eigenvalue weighted by Crippen LogP contribution is -2.51. The van der Waals surface area contributed by atoms with E-state index in [0.717, 1.165) is 35.1 Å². The fourth-order valence-corrected chi connectivity index (χ4v) is 6.32. The first kappa shape index (κ1) is 24.6. The molecule has 0 spiro atoms. The molecule has 1 heterocycles. The number of hydrogen-bond acceptors (Lipinski definition) is 6. The van der Waals surface area contributed by atoms with E-state index in [9.17, 15) is 18.0 Å². The van der Waals surface area contributed by atoms with Gasteiger partial charge in [0.1, 0.15) is 5.03 Å². The number of halogens is 3. The summed E-state index contributed by atoms with van der Waals surface area (Å²) in [7, 11) is 0. The highest BCUT2D eigenvalue weighted by molar-refractivity contribution is 7.99. The second-order valence-corrected chi connectivity index (χ2v) is 9.99. The van der Waals surface area contributed by atoms with Gasteiger partial charge in [-0.3, -0.25) is 0 Å². The molecule has 4 fully saturated rings. The molecule has 32 heavy (non-hydrogen) atoms. The highest BCUT2D eigenvalue weighted by atomic mass is 32.2. The van der Waals surface area contributed by atoms with Crippen molar-refractivity contribution in [2.24, 2.45) is 28.9 Å². The van der Waals surface area contributed by atoms with Gasteiger partial charge >= 0.3 is 18.2 Å². The average Bonchev–Trinajstić information content (AvgIpc) is 2.70. The van der Waals surface area contributed by atoms with Crippen LogP contribution in [0.5, 0.6) is 5.75 Å². The van der Waals surface area contributed by atoms with Gasteiger partial charge in [-0.05, 0) is 73.8 Å². The Morgan fingerprint density at radius 3 is 2.28 bits per heavy atom. The summed E-state index contributed by atoms with van der Waals surface area (Å²) in [6, 6.07) is 3.57. The van der Waals surface area contributed by atoms with E-state index >= 15 is 0 Å². The van der Waals surface area contributed by atoms with Gasteiger partial charge in [0.25, 0.3) is 0 Å². The van der Waals surface area contributed by atoms with Crippen molar-refractivity contribution in [1.82, 2.24) is 10.3 Å². The third kappa shape index (κ3) is 6.50. The zero-order chi connectivity index (χ0) is 23.4. The molecule has 4 saturated carbocycles. The Balaban J connectivity index is 0.000000360. The van der Waals surface area contributed by atoms with E-state index < -0.39 is 12.1 Å². The number of ether oxygens (including phenoxy) is 1. The van der Waals surface area contributed by atoms with E-state index in [1.807, 2.05) is 0 Å². The molecule has 1 aromatic heterocycles. The Hall–Kier alpha value is -2.01. The van der Waals surface area contributed by atoms with Crippen LogP contribution in [0.25, 0.3) is 0 Å². The van der Waals surface area contributed by atoms with Crippen LogP contribution < -0.4 is 15.8 Å². The lowest BCUT2D eigenvalue weighted by Gasteiger charge is -2.56. The van der Waals surface area contributed by atoms with E-state index in [4.69, 9.17) is 20.4 Å². The first-order chi connectivity index (χ1) is 15.1. The van der Waals surface area contributed by atoms with Crippen molar-refractivity contribution in [2.75, 3.05) is 18.8 Å². The molecule has 4 aliphatic carbocycles. The third-order valence-corrected chi connectivity index (χ3v) is 7.33. The molecule has 178 valence electrons. The quantitative estimate of drug-likeness (QED) is 0.531. The van der Waals surface area contributed by atoms with Crippen molar-refractivity contribution in [2.45, 2.75) is 49.7 Å². The summed E-state index contributed by atoms with van der Waals surface area (Å²) < 4.78 is 37.3. The van der Waals surface area contributed by atoms with Crippen LogP contribution >= 0.6 is 11.8 Å². The number of pyridine rings is 1. The van der Waals surface area contributed by atoms with Gasteiger partial charge in [-0.1, -0.05) is 0 Å². The molecule has 1 aromatic rings. The number of carboxylic acid groups (broad SMARTS) is 1. The summed E-state index contributed by atoms with van der Waals surface area (Å²) in [6.45, 7) is 1.32. The van der Waals surface area contributed by atoms with Crippen molar-refractivity contribution in [3.05, 3.63) is 18.3 Å². The number of carbonyl (C=O) groups excluding carboxylic acids is 1. The second-order valence-electron chi connectivity index (χ2n) is 8.91. The molecule has 0 saturated heterocycles. The zero-order valence-electron chi connectivity index (χ0n) is 17.6. The van der Waals surface area contributed by atoms with Gasteiger partial charge in [0.05, 0.1) is 0 Å². The number of hydrogen-bond donors (Lipinski definition) is 3. The Morgan fingerprint density at radius 2 is 1.78 bits per heavy atom. The van der Waals surface area contributed by atoms with Gasteiger partial charge in [0.15, 0.2) is 5.75 Å². The van der Waals surface area contributed by atoms with Gasteiger partial charge in [-0.15, -0.1) is 11.8 Å². The molecule has 0 aliphatic heterocycles. The van der Waals surface area contributed by atoms with Gasteiger partial charge < -0.3 is 20.9 Å². The summed E-state index contributed by atoms with van der Waals surface area (Å²) in [5.74, 6) is 1.18. The number of thioether (sulfide) groups is 1. The average molecular weight is 476 g/mol. The van der Waals surface area contributed by atoms with E-state index in [1.165, 1.54) is 50.3 Å². The summed E-state index contributed by atoms with van der Waals surface area (Å²) in [4.78, 5) is 25.5. The number of rotatable bonds is 6. The van der Waals surface area contributed by atoms with Gasteiger partial charge in [0, 0.05) is 25.0 Å². The first-order valence-corrected chi connectivity index (χ1v) is 11.6. The predicted molar refractivity (Wildman–Crippen MR) is 112 cm³/mol. The molecule has 4 N–H and O–H groups in total. The third-order valence-electron chi connectivity index (χ3n) is 6.31. The van der Waals surface area contributed by atoms with Crippen molar-refractivity contribution < 1.29 is 32.6 Å². The van der Waals surface area contributed by atoms with Crippen molar-refractivity contribution >= 4 is 23.8 Å². The fourth-order valence-electron chi connectivity index (χ4n) is 5.62. The summed E-state index contributed by atoms with van der Waals surface area (Å²) in [5.41, 5.74) is 5.87. The number of nitrogens with two attached hydrogens (primary N) is 1. The maximum absolute atomic E-state index is 12.3. The van der Waals surface area contributed by atoms with Crippen LogP contribution in [0.4, 0.5) is 18.0 Å². The number of amides is 1. The number of carboxylic acids is 1. The molecule has 0 radical (unpaired) electrons. The Kier molecular flexibility index (Phi) is 7.92. The van der Waals surface area contributed by atoms with Crippen LogP contribution in [0.15, 0.2) is 23.4 Å². The largest absolute Gasteiger partial charge is 0.490 e. The van der Waals surface area contributed by atoms with Crippen molar-refractivity contribution in [3.8, 4) is 5.75 Å². The van der Waals surface area contributed by atoms with Crippen molar-refractivity contribution in [1.29, 1.82) is 0 Å². The van der Waals surface area contributed by atoms with E-state index in [-0.39, 0.29) is 6.09 Å². The molecular formula is C21H28F3N3O4S. The Labute approximate surface area is 188 Å². The van der Waals surface area contributed by atoms with E-state index in [1.54, 1.807) is 18.3 Å². The fraction of sp³-hybridized carbons (Fsp3) is 0.667. The standard InChI is InChI=1S/C19H27N3O2S.C2HF3O2/c20-3-5-25-17-16(2-1-4-21-17)24-18(23)22-12-19-9-13-6-14(10-19)8-15(7-13)11-19;3-2(4,5)1(6)7/h1-2,4,13-15H,3,5-12,20H2,(H,22,23);(H,6,7). The predicted octanol–water partition coefficient (Wildman–Crippen LogP) is 4.07. The maximum atomic E-state index is 12.3. The number of carbonyl (C=O) groups is 2. The highest BCUT2D eigenvalue weighted by Crippen LogP contribution is 2.59. The Bertz CT molecular complexity index is 786. The highest BCUT2D eigenvalue weighted by Gasteiger charge is 2.50. The molecule has 4 aliphatic rings. The smallest absolute Gasteiger partial charge is 0.475 e. The summed E-state index contributed by atoms with van der Waals surface area (Å²) >= 11 is 1.51. The monoisotopic (exact) mass is 475 g/mol. The molecule has 0 aromatic carbocycles. The molecule has 7 nitrogen and oxygen atoms in total. The van der Waals surface area contributed by atoms with Gasteiger partial charge in [0.2, 0.25) is 0 Å². The normalized spacial score (nSPS) is 27.9. The minimum absolute atomic E-state index is 0.319. The van der Waals surface area contributed by atoms with Crippen LogP contribution in [0.1, 0.15) is 38.5 Å². The van der Waals surface area contributed by atoms with Crippen LogP contribution in [-0.4, -0.2) is 47.2 Å². The number of aliphatic carboxylic acids is 1. The van der Waals surface area contributed by atoms with Crippen molar-refractivity contribution in [3.63, 3.8) is 0 Å². The molecular weight excluding hydrogens is 447 g/mol. The summed E-state index contributed by atoms with van der Waals surface area (Å²) in [6.07, 6.45) is 4.36. The lowest BCUT2D eigenvalue weighted by atomic mass is 9.49. The molecule has 11 heteroatoms. The maximum Gasteiger partial charge on any atom is 0.490 e. The first-order valence-electron chi connectivity index (χ1n) is 10.6. The van der Waals surface area contributed by atoms with Crippen LogP contribution in [0, 0.1) is 23.2 Å². The molecule has 0 unspecified atom stereocenters. The number of nitrogens with one attached hydrogen (secondary N) is 1. The molecule has 4 bridgehead atoms. The number of aromatic nitrogens is 1. The number of alkyl halides is 3. The molecule has 1 amide bonds. The number of nitrogens with zero attached hydrogens (tertiary/aromatic N) is 1. The van der Waals surface area contributed by atoms with Crippen LogP contribution in [0.2, 0.25) is 0 Å². The van der Waals surface area contributed by atoms with E-state index in [2.05, 4.69) is 10.3 Å². The summed E-state index contributed by atoms with van der Waals surface area (Å²) in [5, 5.41) is 10.9. The topological polar surface area (TPSA) is 115 Å². The zero-order valence-corrected chi connectivity index (χ0v) is 18.4. The molecule has 5 rings (SSSR count). The lowest BCUT2D eigenvalue weighted by molar-refractivity contribution is -0.192. The molecule has 0 atom stereocenters.